The average molecular weight is 158 g/mol. The summed E-state index contributed by atoms with van der Waals surface area (Å²) in [6.07, 6.45) is 2.44. The maximum Gasteiger partial charge on any atom is 0.0855 e. The maximum atomic E-state index is 5.87. The molecule has 1 atom stereocenters. The largest absolute Gasteiger partial charge is 0.326 e. The lowest BCUT2D eigenvalue weighted by Crippen LogP contribution is -2.57. The van der Waals surface area contributed by atoms with Crippen LogP contribution < -0.4 is 5.73 Å². The van der Waals surface area contributed by atoms with Crippen LogP contribution in [0.25, 0.3) is 0 Å². The first-order chi connectivity index (χ1) is 5.00. The minimum atomic E-state index is 0.390. The van der Waals surface area contributed by atoms with Crippen molar-refractivity contribution in [2.24, 2.45) is 5.73 Å². The van der Waals surface area contributed by atoms with Crippen molar-refractivity contribution in [3.05, 3.63) is 0 Å². The van der Waals surface area contributed by atoms with E-state index in [0.717, 1.165) is 11.1 Å². The molecule has 0 amide bonds. The van der Waals surface area contributed by atoms with Gasteiger partial charge in [0.05, 0.1) is 27.7 Å². The zero-order valence-electron chi connectivity index (χ0n) is 7.88. The van der Waals surface area contributed by atoms with E-state index >= 15 is 0 Å². The fraction of sp³-hybridized carbons (Fsp3) is 1.00. The summed E-state index contributed by atoms with van der Waals surface area (Å²) in [7, 11) is 6.58. The molecule has 11 heavy (non-hydrogen) atoms. The quantitative estimate of drug-likeness (QED) is 0.546. The summed E-state index contributed by atoms with van der Waals surface area (Å²) < 4.78 is 0.910. The Kier molecular flexibility index (Phi) is 2.52. The normalized spacial score (nSPS) is 28.9. The number of nitrogens with two attached hydrogens (primary N) is 1. The second-order valence-electron chi connectivity index (χ2n) is 4.26. The Bertz CT molecular complexity index is 128. The second kappa shape index (κ2) is 3.09. The summed E-state index contributed by atoms with van der Waals surface area (Å²) in [5, 5.41) is 2.41. The first kappa shape index (κ1) is 8.97. The van der Waals surface area contributed by atoms with E-state index in [0.29, 0.717) is 6.04 Å². The minimum Gasteiger partial charge on any atom is -0.326 e. The molecule has 1 aliphatic rings. The van der Waals surface area contributed by atoms with Crippen molar-refractivity contribution in [2.75, 3.05) is 34.2 Å². The van der Waals surface area contributed by atoms with E-state index < -0.39 is 0 Å². The fourth-order valence-electron chi connectivity index (χ4n) is 1.53. The molecule has 3 heteroatoms. The van der Waals surface area contributed by atoms with E-state index in [9.17, 15) is 0 Å². The van der Waals surface area contributed by atoms with E-state index in [1.165, 1.54) is 19.4 Å². The van der Waals surface area contributed by atoms with Crippen LogP contribution in [0.2, 0.25) is 0 Å². The topological polar surface area (TPSA) is 29.3 Å². The van der Waals surface area contributed by atoms with Crippen LogP contribution in [0.3, 0.4) is 0 Å². The van der Waals surface area contributed by atoms with Gasteiger partial charge in [0, 0.05) is 12.6 Å². The number of piperidine rings is 1. The Hall–Kier alpha value is -0.120. The number of hydrogen-bond donors (Lipinski definition) is 1. The summed E-state index contributed by atoms with van der Waals surface area (Å²) in [5.41, 5.74) is 5.87. The minimum absolute atomic E-state index is 0.390. The number of quaternary nitrogens is 1. The molecule has 0 aromatic carbocycles. The van der Waals surface area contributed by atoms with Crippen molar-refractivity contribution in [3.63, 3.8) is 0 Å². The molecule has 0 aromatic heterocycles. The van der Waals surface area contributed by atoms with Gasteiger partial charge >= 0.3 is 0 Å². The molecule has 0 aliphatic carbocycles. The van der Waals surface area contributed by atoms with Crippen molar-refractivity contribution in [3.8, 4) is 0 Å². The monoisotopic (exact) mass is 158 g/mol. The van der Waals surface area contributed by atoms with Crippen LogP contribution in [0.4, 0.5) is 0 Å². The van der Waals surface area contributed by atoms with Gasteiger partial charge in [-0.25, -0.2) is 0 Å². The summed E-state index contributed by atoms with van der Waals surface area (Å²) in [6.45, 7) is 2.24. The molecule has 2 N–H and O–H groups in total. The zero-order chi connectivity index (χ0) is 8.48. The smallest absolute Gasteiger partial charge is 0.0855 e. The predicted octanol–water partition coefficient (Wildman–Crippen LogP) is 0.0307. The van der Waals surface area contributed by atoms with Gasteiger partial charge in [0.15, 0.2) is 0 Å². The van der Waals surface area contributed by atoms with Crippen molar-refractivity contribution in [1.29, 1.82) is 0 Å². The van der Waals surface area contributed by atoms with E-state index in [4.69, 9.17) is 5.73 Å². The summed E-state index contributed by atoms with van der Waals surface area (Å²) >= 11 is 0. The first-order valence-electron chi connectivity index (χ1n) is 4.32. The van der Waals surface area contributed by atoms with E-state index in [1.54, 1.807) is 0 Å². The molecule has 0 spiro atoms. The highest BCUT2D eigenvalue weighted by atomic mass is 15.7. The van der Waals surface area contributed by atoms with Crippen LogP contribution in [0, 0.1) is 0 Å². The lowest BCUT2D eigenvalue weighted by molar-refractivity contribution is -0.987. The number of nitrogens with zero attached hydrogens (tertiary/aromatic N) is 2. The summed E-state index contributed by atoms with van der Waals surface area (Å²) in [4.78, 5) is 0. The average Bonchev–Trinajstić information content (AvgIpc) is 1.86. The molecule has 1 aliphatic heterocycles. The Balaban J connectivity index is 2.46. The van der Waals surface area contributed by atoms with Crippen LogP contribution in [0.5, 0.6) is 0 Å². The highest BCUT2D eigenvalue weighted by Gasteiger charge is 2.26. The molecule has 0 saturated carbocycles. The van der Waals surface area contributed by atoms with Crippen molar-refractivity contribution >= 4 is 0 Å². The highest BCUT2D eigenvalue weighted by Crippen LogP contribution is 2.12. The standard InChI is InChI=1S/C8H20N3/c1-11(2,3)10-6-4-5-8(9)7-10/h8H,4-7,9H2,1-3H3/q+1. The molecule has 3 nitrogen and oxygen atoms in total. The lowest BCUT2D eigenvalue weighted by atomic mass is 10.1. The summed E-state index contributed by atoms with van der Waals surface area (Å²) in [5.74, 6) is 0. The van der Waals surface area contributed by atoms with Crippen molar-refractivity contribution < 1.29 is 4.59 Å². The van der Waals surface area contributed by atoms with E-state index in [-0.39, 0.29) is 0 Å². The van der Waals surface area contributed by atoms with Gasteiger partial charge in [-0.05, 0) is 12.8 Å². The van der Waals surface area contributed by atoms with Crippen LogP contribution in [0.1, 0.15) is 12.8 Å². The highest BCUT2D eigenvalue weighted by molar-refractivity contribution is 4.70. The van der Waals surface area contributed by atoms with E-state index in [1.807, 2.05) is 0 Å². The van der Waals surface area contributed by atoms with Crippen LogP contribution in [-0.2, 0) is 0 Å². The zero-order valence-corrected chi connectivity index (χ0v) is 7.88. The maximum absolute atomic E-state index is 5.87. The van der Waals surface area contributed by atoms with Crippen LogP contribution in [-0.4, -0.2) is 49.9 Å². The molecule has 66 valence electrons. The van der Waals surface area contributed by atoms with Gasteiger partial charge < -0.3 is 5.73 Å². The molecule has 1 fully saturated rings. The second-order valence-corrected chi connectivity index (χ2v) is 4.26. The predicted molar refractivity (Wildman–Crippen MR) is 46.8 cm³/mol. The summed E-state index contributed by atoms with van der Waals surface area (Å²) in [6, 6.07) is 0.390. The van der Waals surface area contributed by atoms with Gasteiger partial charge in [-0.3, -0.25) is 4.59 Å². The van der Waals surface area contributed by atoms with Crippen molar-refractivity contribution in [2.45, 2.75) is 18.9 Å². The van der Waals surface area contributed by atoms with Gasteiger partial charge in [0.25, 0.3) is 0 Å². The Morgan fingerprint density at radius 1 is 1.36 bits per heavy atom. The molecule has 0 aromatic rings. The molecule has 1 heterocycles. The van der Waals surface area contributed by atoms with Gasteiger partial charge in [-0.2, -0.15) is 5.01 Å². The lowest BCUT2D eigenvalue weighted by Gasteiger charge is -2.40. The molecule has 1 unspecified atom stereocenters. The van der Waals surface area contributed by atoms with Gasteiger partial charge in [-0.15, -0.1) is 0 Å². The van der Waals surface area contributed by atoms with Gasteiger partial charge in [-0.1, -0.05) is 0 Å². The molecule has 1 saturated heterocycles. The fourth-order valence-corrected chi connectivity index (χ4v) is 1.53. The van der Waals surface area contributed by atoms with E-state index in [2.05, 4.69) is 26.2 Å². The third-order valence-corrected chi connectivity index (χ3v) is 2.28. The third-order valence-electron chi connectivity index (χ3n) is 2.28. The molecular formula is C8H20N3+. The van der Waals surface area contributed by atoms with Crippen LogP contribution in [0.15, 0.2) is 0 Å². The van der Waals surface area contributed by atoms with Crippen molar-refractivity contribution in [1.82, 2.24) is 5.01 Å². The SMILES string of the molecule is C[N+](C)(C)N1CCCC(N)C1. The number of rotatable bonds is 1. The van der Waals surface area contributed by atoms with Crippen LogP contribution >= 0.6 is 0 Å². The van der Waals surface area contributed by atoms with Gasteiger partial charge in [0.2, 0.25) is 0 Å². The Labute approximate surface area is 69.3 Å². The molecule has 0 radical (unpaired) electrons. The van der Waals surface area contributed by atoms with Gasteiger partial charge in [0.1, 0.15) is 0 Å². The molecule has 0 bridgehead atoms. The first-order valence-corrected chi connectivity index (χ1v) is 4.32. The Morgan fingerprint density at radius 3 is 2.36 bits per heavy atom. The molecule has 1 rings (SSSR count). The number of hydrogen-bond acceptors (Lipinski definition) is 2. The molecular weight excluding hydrogens is 138 g/mol. The Morgan fingerprint density at radius 2 is 2.00 bits per heavy atom. The third kappa shape index (κ3) is 2.43.